The number of anilines is 1. The monoisotopic (exact) mass is 478 g/mol. The maximum atomic E-state index is 13.4. The Balaban J connectivity index is 1.46. The van der Waals surface area contributed by atoms with Crippen LogP contribution in [0.1, 0.15) is 20.7 Å². The molecule has 8 rings (SSSR count). The molecular formula is C32H18N2O3. The summed E-state index contributed by atoms with van der Waals surface area (Å²) in [6.45, 7) is 0. The number of nitrogens with zero attached hydrogens (tertiary/aromatic N) is 2. The first-order chi connectivity index (χ1) is 18.2. The van der Waals surface area contributed by atoms with Gasteiger partial charge < -0.3 is 8.98 Å². The van der Waals surface area contributed by atoms with Crippen LogP contribution in [0, 0.1) is 0 Å². The molecule has 7 aromatic rings. The maximum Gasteiger partial charge on any atom is 0.266 e. The molecule has 0 radical (unpaired) electrons. The molecule has 0 aliphatic carbocycles. The number of hydrogen-bond donors (Lipinski definition) is 0. The van der Waals surface area contributed by atoms with Gasteiger partial charge >= 0.3 is 0 Å². The lowest BCUT2D eigenvalue weighted by atomic mass is 10.1. The van der Waals surface area contributed by atoms with Gasteiger partial charge in [-0.25, -0.2) is 4.90 Å². The van der Waals surface area contributed by atoms with Crippen LogP contribution in [0.4, 0.5) is 5.69 Å². The molecule has 2 aromatic heterocycles. The van der Waals surface area contributed by atoms with Crippen LogP contribution in [0.5, 0.6) is 0 Å². The first-order valence-electron chi connectivity index (χ1n) is 12.1. The van der Waals surface area contributed by atoms with E-state index in [4.69, 9.17) is 4.42 Å². The summed E-state index contributed by atoms with van der Waals surface area (Å²) in [6, 6.07) is 35.0. The predicted octanol–water partition coefficient (Wildman–Crippen LogP) is 7.48. The zero-order chi connectivity index (χ0) is 24.7. The number of carbonyl (C=O) groups excluding carboxylic acids is 2. The third kappa shape index (κ3) is 2.63. The quantitative estimate of drug-likeness (QED) is 0.242. The second-order valence-corrected chi connectivity index (χ2v) is 9.30. The summed E-state index contributed by atoms with van der Waals surface area (Å²) in [5, 5.41) is 4.17. The van der Waals surface area contributed by atoms with E-state index in [9.17, 15) is 9.59 Å². The van der Waals surface area contributed by atoms with E-state index in [1.165, 1.54) is 4.90 Å². The topological polar surface area (TPSA) is 55.5 Å². The van der Waals surface area contributed by atoms with E-state index in [2.05, 4.69) is 34.9 Å². The van der Waals surface area contributed by atoms with Gasteiger partial charge in [-0.15, -0.1) is 0 Å². The lowest BCUT2D eigenvalue weighted by Gasteiger charge is -2.20. The van der Waals surface area contributed by atoms with E-state index in [1.54, 1.807) is 24.3 Å². The first-order valence-corrected chi connectivity index (χ1v) is 12.1. The van der Waals surface area contributed by atoms with Gasteiger partial charge in [-0.3, -0.25) is 9.59 Å². The van der Waals surface area contributed by atoms with Crippen molar-refractivity contribution in [2.45, 2.75) is 0 Å². The summed E-state index contributed by atoms with van der Waals surface area (Å²) in [4.78, 5) is 28.2. The Labute approximate surface area is 210 Å². The van der Waals surface area contributed by atoms with Crippen LogP contribution in [-0.4, -0.2) is 16.4 Å². The van der Waals surface area contributed by atoms with E-state index >= 15 is 0 Å². The molecule has 0 atom stereocenters. The lowest BCUT2D eigenvalue weighted by molar-refractivity contribution is 0.0926. The first kappa shape index (κ1) is 20.1. The molecular weight excluding hydrogens is 460 g/mol. The standard InChI is InChI=1S/C32H18N2O3/c35-31-21-11-1-2-12-22(21)32(36)34(31)27-15-7-6-14-26(27)33-25-13-5-3-9-19(25)23-18-30-24(17-28(23)33)20-10-4-8-16-29(20)37-30/h1-18H. The fourth-order valence-electron chi connectivity index (χ4n) is 5.70. The Morgan fingerprint density at radius 1 is 0.486 bits per heavy atom. The molecule has 0 unspecified atom stereocenters. The molecule has 37 heavy (non-hydrogen) atoms. The second kappa shape index (κ2) is 7.18. The molecule has 5 nitrogen and oxygen atoms in total. The maximum absolute atomic E-state index is 13.4. The molecule has 0 fully saturated rings. The molecule has 1 aliphatic heterocycles. The number of furan rings is 1. The Kier molecular flexibility index (Phi) is 3.90. The SMILES string of the molecule is O=C1c2ccccc2C(=O)N1c1ccccc1-n1c2ccccc2c2cc3oc4ccccc4c3cc21. The van der Waals surface area contributed by atoms with Crippen molar-refractivity contribution in [2.75, 3.05) is 4.90 Å². The van der Waals surface area contributed by atoms with Crippen LogP contribution in [0.3, 0.4) is 0 Å². The minimum atomic E-state index is -0.308. The van der Waals surface area contributed by atoms with Crippen LogP contribution in [0.25, 0.3) is 49.4 Å². The number of para-hydroxylation sites is 4. The molecule has 1 aliphatic rings. The zero-order valence-electron chi connectivity index (χ0n) is 19.5. The van der Waals surface area contributed by atoms with Crippen molar-refractivity contribution in [3.8, 4) is 5.69 Å². The van der Waals surface area contributed by atoms with Gasteiger partial charge in [-0.05, 0) is 48.5 Å². The number of fused-ring (bicyclic) bond motifs is 7. The summed E-state index contributed by atoms with van der Waals surface area (Å²) >= 11 is 0. The number of rotatable bonds is 2. The van der Waals surface area contributed by atoms with E-state index in [0.717, 1.165) is 49.4 Å². The van der Waals surface area contributed by atoms with Crippen molar-refractivity contribution in [3.63, 3.8) is 0 Å². The molecule has 0 bridgehead atoms. The van der Waals surface area contributed by atoms with Crippen LogP contribution in [0.2, 0.25) is 0 Å². The third-order valence-electron chi connectivity index (χ3n) is 7.33. The molecule has 174 valence electrons. The van der Waals surface area contributed by atoms with Gasteiger partial charge in [0.15, 0.2) is 0 Å². The molecule has 0 N–H and O–H groups in total. The number of amides is 2. The zero-order valence-corrected chi connectivity index (χ0v) is 19.5. The van der Waals surface area contributed by atoms with Crippen molar-refractivity contribution < 1.29 is 14.0 Å². The van der Waals surface area contributed by atoms with Crippen molar-refractivity contribution in [3.05, 3.63) is 120 Å². The lowest BCUT2D eigenvalue weighted by Crippen LogP contribution is -2.30. The number of hydrogen-bond acceptors (Lipinski definition) is 3. The molecule has 0 spiro atoms. The minimum Gasteiger partial charge on any atom is -0.456 e. The van der Waals surface area contributed by atoms with E-state index < -0.39 is 0 Å². The molecule has 0 saturated carbocycles. The Bertz CT molecular complexity index is 2060. The van der Waals surface area contributed by atoms with E-state index in [-0.39, 0.29) is 11.8 Å². The van der Waals surface area contributed by atoms with Crippen LogP contribution < -0.4 is 4.90 Å². The van der Waals surface area contributed by atoms with Crippen LogP contribution in [0.15, 0.2) is 114 Å². The fourth-order valence-corrected chi connectivity index (χ4v) is 5.70. The highest BCUT2D eigenvalue weighted by Crippen LogP contribution is 2.41. The van der Waals surface area contributed by atoms with E-state index in [1.807, 2.05) is 54.6 Å². The summed E-state index contributed by atoms with van der Waals surface area (Å²) in [5.74, 6) is -0.617. The van der Waals surface area contributed by atoms with Crippen molar-refractivity contribution in [1.29, 1.82) is 0 Å². The number of aromatic nitrogens is 1. The largest absolute Gasteiger partial charge is 0.456 e. The smallest absolute Gasteiger partial charge is 0.266 e. The Morgan fingerprint density at radius 2 is 1.11 bits per heavy atom. The summed E-state index contributed by atoms with van der Waals surface area (Å²) in [5.41, 5.74) is 5.79. The molecule has 2 amide bonds. The Hall–Kier alpha value is -5.16. The van der Waals surface area contributed by atoms with Crippen molar-refractivity contribution >= 4 is 61.2 Å². The molecule has 3 heterocycles. The molecule has 0 saturated heterocycles. The Morgan fingerprint density at radius 3 is 1.89 bits per heavy atom. The average molecular weight is 479 g/mol. The van der Waals surface area contributed by atoms with Crippen molar-refractivity contribution in [1.82, 2.24) is 4.57 Å². The van der Waals surface area contributed by atoms with Crippen LogP contribution >= 0.6 is 0 Å². The van der Waals surface area contributed by atoms with Gasteiger partial charge in [-0.2, -0.15) is 0 Å². The molecule has 5 heteroatoms. The highest BCUT2D eigenvalue weighted by molar-refractivity contribution is 6.35. The fraction of sp³-hybridized carbons (Fsp3) is 0. The van der Waals surface area contributed by atoms with Gasteiger partial charge in [-0.1, -0.05) is 60.7 Å². The van der Waals surface area contributed by atoms with Gasteiger partial charge in [0.05, 0.1) is 33.5 Å². The number of carbonyl (C=O) groups is 2. The summed E-state index contributed by atoms with van der Waals surface area (Å²) in [7, 11) is 0. The number of benzene rings is 5. The minimum absolute atomic E-state index is 0.308. The highest BCUT2D eigenvalue weighted by atomic mass is 16.3. The van der Waals surface area contributed by atoms with Crippen molar-refractivity contribution in [2.24, 2.45) is 0 Å². The van der Waals surface area contributed by atoms with Gasteiger partial charge in [0.25, 0.3) is 11.8 Å². The van der Waals surface area contributed by atoms with Gasteiger partial charge in [0.2, 0.25) is 0 Å². The van der Waals surface area contributed by atoms with Crippen LogP contribution in [-0.2, 0) is 0 Å². The second-order valence-electron chi connectivity index (χ2n) is 9.30. The predicted molar refractivity (Wildman–Crippen MR) is 146 cm³/mol. The van der Waals surface area contributed by atoms with Gasteiger partial charge in [0, 0.05) is 21.5 Å². The highest BCUT2D eigenvalue weighted by Gasteiger charge is 2.37. The van der Waals surface area contributed by atoms with Gasteiger partial charge in [0.1, 0.15) is 11.2 Å². The number of imide groups is 1. The molecule has 5 aromatic carbocycles. The summed E-state index contributed by atoms with van der Waals surface area (Å²) < 4.78 is 8.33. The third-order valence-corrected chi connectivity index (χ3v) is 7.33. The average Bonchev–Trinajstić information content (AvgIpc) is 3.55. The van der Waals surface area contributed by atoms with E-state index in [0.29, 0.717) is 16.8 Å². The summed E-state index contributed by atoms with van der Waals surface area (Å²) in [6.07, 6.45) is 0. The normalized spacial score (nSPS) is 13.5.